The zero-order valence-corrected chi connectivity index (χ0v) is 19.7. The van der Waals surface area contributed by atoms with Crippen molar-refractivity contribution in [3.8, 4) is 10.7 Å². The Balaban J connectivity index is 1.45. The second-order valence-corrected chi connectivity index (χ2v) is 10.2. The number of pyridine rings is 1. The number of halogens is 1. The molecule has 1 saturated heterocycles. The van der Waals surface area contributed by atoms with Crippen molar-refractivity contribution in [1.82, 2.24) is 29.9 Å². The fraction of sp³-hybridized carbons (Fsp3) is 0.389. The molecule has 10 nitrogen and oxygen atoms in total. The molecule has 0 aliphatic carbocycles. The highest BCUT2D eigenvalue weighted by atomic mass is 35.5. The maximum atomic E-state index is 10.9. The Kier molecular flexibility index (Phi) is 6.40. The van der Waals surface area contributed by atoms with Gasteiger partial charge in [0.2, 0.25) is 0 Å². The first-order valence-electron chi connectivity index (χ1n) is 9.43. The Morgan fingerprint density at radius 3 is 2.97 bits per heavy atom. The molecule has 14 heteroatoms. The lowest BCUT2D eigenvalue weighted by Gasteiger charge is -2.43. The van der Waals surface area contributed by atoms with Crippen molar-refractivity contribution >= 4 is 56.4 Å². The van der Waals surface area contributed by atoms with Crippen molar-refractivity contribution in [3.05, 3.63) is 34.5 Å². The van der Waals surface area contributed by atoms with E-state index in [1.807, 2.05) is 6.07 Å². The predicted octanol–water partition coefficient (Wildman–Crippen LogP) is 2.49. The molecule has 2 unspecified atom stereocenters. The van der Waals surface area contributed by atoms with E-state index in [9.17, 15) is 10.2 Å². The average molecular weight is 513 g/mol. The first-order chi connectivity index (χ1) is 15.6. The summed E-state index contributed by atoms with van der Waals surface area (Å²) in [5, 5.41) is 31.9. The molecule has 4 aromatic rings. The lowest BCUT2D eigenvalue weighted by atomic mass is 9.97. The van der Waals surface area contributed by atoms with Gasteiger partial charge >= 0.3 is 0 Å². The van der Waals surface area contributed by atoms with Crippen LogP contribution in [0, 0.1) is 0 Å². The number of thiazole rings is 2. The molecule has 0 amide bonds. The average Bonchev–Trinajstić information content (AvgIpc) is 3.54. The third-order valence-electron chi connectivity index (χ3n) is 5.02. The van der Waals surface area contributed by atoms with Crippen LogP contribution in [0.1, 0.15) is 6.04 Å². The Labute approximate surface area is 199 Å². The summed E-state index contributed by atoms with van der Waals surface area (Å²) in [7, 11) is 1.55. The number of nitrogens with zero attached hydrogens (tertiary/aromatic N) is 6. The number of rotatable bonds is 6. The molecule has 1 fully saturated rings. The third kappa shape index (κ3) is 4.15. The van der Waals surface area contributed by atoms with Gasteiger partial charge in [0.15, 0.2) is 5.65 Å². The number of aliphatic hydroxyl groups is 2. The summed E-state index contributed by atoms with van der Waals surface area (Å²) in [5.74, 6) is 0. The molecule has 2 N–H and O–H groups in total. The number of ether oxygens (including phenoxy) is 2. The molecule has 4 aromatic heterocycles. The zero-order chi connectivity index (χ0) is 22.2. The van der Waals surface area contributed by atoms with E-state index in [-0.39, 0.29) is 6.61 Å². The third-order valence-corrected chi connectivity index (χ3v) is 8.08. The zero-order valence-electron chi connectivity index (χ0n) is 16.5. The highest BCUT2D eigenvalue weighted by Crippen LogP contribution is 2.40. The van der Waals surface area contributed by atoms with Crippen LogP contribution in [0.25, 0.3) is 21.0 Å². The van der Waals surface area contributed by atoms with Crippen molar-refractivity contribution in [2.75, 3.05) is 13.7 Å². The van der Waals surface area contributed by atoms with Gasteiger partial charge in [-0.05, 0) is 6.07 Å². The number of fused-ring (bicyclic) bond motifs is 1. The molecule has 1 aliphatic rings. The van der Waals surface area contributed by atoms with Crippen molar-refractivity contribution in [2.45, 2.75) is 34.7 Å². The summed E-state index contributed by atoms with van der Waals surface area (Å²) in [6.45, 7) is -0.360. The van der Waals surface area contributed by atoms with Crippen LogP contribution in [-0.2, 0) is 9.47 Å². The summed E-state index contributed by atoms with van der Waals surface area (Å²) in [6, 6.07) is 1.33. The van der Waals surface area contributed by atoms with Crippen molar-refractivity contribution < 1.29 is 19.7 Å². The molecule has 5 heterocycles. The van der Waals surface area contributed by atoms with Gasteiger partial charge in [0.25, 0.3) is 0 Å². The van der Waals surface area contributed by atoms with Gasteiger partial charge in [-0.2, -0.15) is 0 Å². The van der Waals surface area contributed by atoms with Crippen LogP contribution in [0.5, 0.6) is 0 Å². The van der Waals surface area contributed by atoms with E-state index < -0.39 is 29.8 Å². The molecule has 0 spiro atoms. The normalized spacial score (nSPS) is 26.1. The molecule has 1 aliphatic heterocycles. The first kappa shape index (κ1) is 22.1. The highest BCUT2D eigenvalue weighted by Gasteiger charge is 2.47. The number of aromatic nitrogens is 6. The van der Waals surface area contributed by atoms with Crippen LogP contribution in [0.3, 0.4) is 0 Å². The molecule has 0 bridgehead atoms. The summed E-state index contributed by atoms with van der Waals surface area (Å²) < 4.78 is 14.3. The van der Waals surface area contributed by atoms with Gasteiger partial charge in [0.1, 0.15) is 45.6 Å². The molecular weight excluding hydrogens is 496 g/mol. The Morgan fingerprint density at radius 1 is 1.34 bits per heavy atom. The minimum Gasteiger partial charge on any atom is -0.394 e. The fourth-order valence-corrected chi connectivity index (χ4v) is 6.35. The van der Waals surface area contributed by atoms with E-state index in [2.05, 4.69) is 25.3 Å². The van der Waals surface area contributed by atoms with E-state index in [1.54, 1.807) is 30.4 Å². The van der Waals surface area contributed by atoms with Crippen LogP contribution in [0.4, 0.5) is 0 Å². The van der Waals surface area contributed by atoms with Crippen molar-refractivity contribution in [2.24, 2.45) is 0 Å². The van der Waals surface area contributed by atoms with E-state index in [0.717, 1.165) is 9.60 Å². The maximum absolute atomic E-state index is 10.9. The van der Waals surface area contributed by atoms with Gasteiger partial charge in [0, 0.05) is 23.6 Å². The van der Waals surface area contributed by atoms with Gasteiger partial charge in [-0.25, -0.2) is 19.6 Å². The van der Waals surface area contributed by atoms with Crippen LogP contribution in [-0.4, -0.2) is 77.6 Å². The number of thioether (sulfide) groups is 1. The topological polar surface area (TPSA) is 128 Å². The maximum Gasteiger partial charge on any atom is 0.170 e. The van der Waals surface area contributed by atoms with E-state index >= 15 is 0 Å². The van der Waals surface area contributed by atoms with E-state index in [0.29, 0.717) is 21.5 Å². The monoisotopic (exact) mass is 512 g/mol. The number of hydrogen-bond donors (Lipinski definition) is 2. The largest absolute Gasteiger partial charge is 0.394 e. The molecule has 0 saturated carbocycles. The fourth-order valence-electron chi connectivity index (χ4n) is 3.54. The van der Waals surface area contributed by atoms with Crippen LogP contribution < -0.4 is 0 Å². The van der Waals surface area contributed by atoms with Gasteiger partial charge in [-0.1, -0.05) is 28.6 Å². The first-order valence-corrected chi connectivity index (χ1v) is 12.5. The minimum atomic E-state index is -1.07. The smallest absolute Gasteiger partial charge is 0.170 e. The van der Waals surface area contributed by atoms with Gasteiger partial charge in [-0.3, -0.25) is 0 Å². The summed E-state index contributed by atoms with van der Waals surface area (Å²) in [5.41, 5.74) is 2.42. The number of hydrogen-bond acceptors (Lipinski definition) is 12. The highest BCUT2D eigenvalue weighted by molar-refractivity contribution is 7.99. The number of methoxy groups -OCH3 is 1. The Morgan fingerprint density at radius 2 is 2.22 bits per heavy atom. The van der Waals surface area contributed by atoms with Crippen LogP contribution in [0.15, 0.2) is 34.2 Å². The number of aliphatic hydroxyl groups excluding tert-OH is 2. The lowest BCUT2D eigenvalue weighted by molar-refractivity contribution is -0.186. The summed E-state index contributed by atoms with van der Waals surface area (Å²) in [4.78, 5) is 13.6. The minimum absolute atomic E-state index is 0.360. The van der Waals surface area contributed by atoms with Gasteiger partial charge in [-0.15, -0.1) is 27.8 Å². The van der Waals surface area contributed by atoms with Crippen molar-refractivity contribution in [1.29, 1.82) is 0 Å². The Hall–Kier alpha value is -1.71. The summed E-state index contributed by atoms with van der Waals surface area (Å²) in [6.07, 6.45) is 0.909. The van der Waals surface area contributed by atoms with Gasteiger partial charge < -0.3 is 19.7 Å². The second kappa shape index (κ2) is 9.27. The Bertz CT molecular complexity index is 1220. The molecule has 168 valence electrons. The molecule has 0 aromatic carbocycles. The second-order valence-electron chi connectivity index (χ2n) is 6.93. The lowest BCUT2D eigenvalue weighted by Crippen LogP contribution is -2.55. The standard InChI is InChI=1S/C18H17ClN6O4S3/c1-28-15-13(25-4-9(23-24-25)17-22-12(19)6-30-17)14(27)10(5-26)29-18(15)32-8-2-11-16(20-3-8)21-7-31-11/h2-4,6-7,10,13-15,18,26-27H,5H2,1H3/t10?,13-,14-,15?,18+/m0/s1. The summed E-state index contributed by atoms with van der Waals surface area (Å²) >= 11 is 10.2. The van der Waals surface area contributed by atoms with Gasteiger partial charge in [0.05, 0.1) is 23.0 Å². The quantitative estimate of drug-likeness (QED) is 0.397. The molecule has 32 heavy (non-hydrogen) atoms. The predicted molar refractivity (Wildman–Crippen MR) is 121 cm³/mol. The van der Waals surface area contributed by atoms with E-state index in [1.165, 1.54) is 39.1 Å². The van der Waals surface area contributed by atoms with E-state index in [4.69, 9.17) is 21.1 Å². The van der Waals surface area contributed by atoms with Crippen molar-refractivity contribution in [3.63, 3.8) is 0 Å². The molecule has 5 rings (SSSR count). The molecular formula is C18H17ClN6O4S3. The molecule has 0 radical (unpaired) electrons. The molecule has 5 atom stereocenters. The SMILES string of the molecule is COC1[C@@H](Sc2cnc3ncsc3c2)OC(CO)[C@H](O)[C@@H]1n1cc(-c2nc(Cl)cs2)nn1. The van der Waals surface area contributed by atoms with Crippen LogP contribution >= 0.6 is 46.0 Å². The van der Waals surface area contributed by atoms with Crippen LogP contribution in [0.2, 0.25) is 5.15 Å².